The lowest BCUT2D eigenvalue weighted by Crippen LogP contribution is -2.37. The summed E-state index contributed by atoms with van der Waals surface area (Å²) < 4.78 is 12.5. The monoisotopic (exact) mass is 490 g/mol. The highest BCUT2D eigenvalue weighted by atomic mass is 32.2. The van der Waals surface area contributed by atoms with E-state index in [1.54, 1.807) is 36.4 Å². The molecule has 0 radical (unpaired) electrons. The molecule has 10 heteroatoms. The minimum Gasteiger partial charge on any atom is -0.454 e. The van der Waals surface area contributed by atoms with E-state index in [4.69, 9.17) is 9.47 Å². The number of thioether (sulfide) groups is 1. The minimum absolute atomic E-state index is 0.0821. The highest BCUT2D eigenvalue weighted by Crippen LogP contribution is 2.36. The number of carbonyl (C=O) groups excluding carboxylic acids is 3. The number of fused-ring (bicyclic) bond motifs is 1. The number of hydrogen-bond acceptors (Lipinski definition) is 7. The summed E-state index contributed by atoms with van der Waals surface area (Å²) >= 11 is 0.873. The zero-order chi connectivity index (χ0) is 24.5. The number of benzene rings is 2. The molecule has 3 heterocycles. The summed E-state index contributed by atoms with van der Waals surface area (Å²) in [6.07, 6.45) is 1.65. The predicted octanol–water partition coefficient (Wildman–Crippen LogP) is 3.68. The van der Waals surface area contributed by atoms with Crippen LogP contribution in [-0.4, -0.2) is 51.6 Å². The predicted molar refractivity (Wildman–Crippen MR) is 131 cm³/mol. The van der Waals surface area contributed by atoms with E-state index in [0.717, 1.165) is 39.3 Å². The number of ether oxygens (including phenoxy) is 2. The molecule has 0 saturated carbocycles. The second kappa shape index (κ2) is 9.30. The van der Waals surface area contributed by atoms with Gasteiger partial charge in [0.05, 0.1) is 16.3 Å². The summed E-state index contributed by atoms with van der Waals surface area (Å²) in [5.41, 5.74) is 4.00. The second-order valence-electron chi connectivity index (χ2n) is 8.09. The lowest BCUT2D eigenvalue weighted by Gasteiger charge is -2.13. The van der Waals surface area contributed by atoms with Crippen molar-refractivity contribution in [2.24, 2.45) is 0 Å². The topological polar surface area (TPSA) is 103 Å². The second-order valence-corrected chi connectivity index (χ2v) is 9.08. The lowest BCUT2D eigenvalue weighted by molar-refractivity contribution is -0.122. The van der Waals surface area contributed by atoms with Gasteiger partial charge < -0.3 is 14.8 Å². The molecule has 0 spiro atoms. The summed E-state index contributed by atoms with van der Waals surface area (Å²) in [5.74, 6) is 0.574. The standard InChI is InChI=1S/C25H22N4O5S/c1-15-11-16(2)29(27-15)19-6-4-18(5-7-19)23(30)26-9-10-28-24(31)22(35-25(28)32)13-17-3-8-20-21(12-17)34-14-33-20/h3-8,11-13H,9-10,14H2,1-2H3,(H,26,30)/b22-13-. The molecule has 9 nitrogen and oxygen atoms in total. The Morgan fingerprint density at radius 2 is 1.86 bits per heavy atom. The van der Waals surface area contributed by atoms with Crippen LogP contribution in [0.4, 0.5) is 4.79 Å². The molecule has 5 rings (SSSR count). The van der Waals surface area contributed by atoms with Gasteiger partial charge in [-0.05, 0) is 79.7 Å². The number of imide groups is 1. The number of amides is 3. The van der Waals surface area contributed by atoms with Gasteiger partial charge in [-0.1, -0.05) is 6.07 Å². The van der Waals surface area contributed by atoms with E-state index in [0.29, 0.717) is 22.0 Å². The number of aryl methyl sites for hydroxylation is 2. The zero-order valence-electron chi connectivity index (χ0n) is 19.1. The van der Waals surface area contributed by atoms with Gasteiger partial charge in [-0.25, -0.2) is 4.68 Å². The number of hydrogen-bond donors (Lipinski definition) is 1. The van der Waals surface area contributed by atoms with Crippen molar-refractivity contribution in [2.45, 2.75) is 13.8 Å². The third kappa shape index (κ3) is 4.65. The molecule has 35 heavy (non-hydrogen) atoms. The maximum Gasteiger partial charge on any atom is 0.293 e. The van der Waals surface area contributed by atoms with Crippen molar-refractivity contribution < 1.29 is 23.9 Å². The van der Waals surface area contributed by atoms with E-state index < -0.39 is 0 Å². The fourth-order valence-corrected chi connectivity index (χ4v) is 4.74. The normalized spacial score (nSPS) is 15.8. The van der Waals surface area contributed by atoms with Crippen LogP contribution in [0.2, 0.25) is 0 Å². The average Bonchev–Trinajstić information content (AvgIpc) is 3.52. The van der Waals surface area contributed by atoms with Crippen LogP contribution < -0.4 is 14.8 Å². The molecule has 1 fully saturated rings. The van der Waals surface area contributed by atoms with Gasteiger partial charge in [0.1, 0.15) is 0 Å². The van der Waals surface area contributed by atoms with Crippen LogP contribution >= 0.6 is 11.8 Å². The quantitative estimate of drug-likeness (QED) is 0.526. The van der Waals surface area contributed by atoms with Gasteiger partial charge in [-0.2, -0.15) is 5.10 Å². The summed E-state index contributed by atoms with van der Waals surface area (Å²) in [6, 6.07) is 14.4. The zero-order valence-corrected chi connectivity index (χ0v) is 19.9. The molecule has 178 valence electrons. The molecule has 3 amide bonds. The maximum absolute atomic E-state index is 12.7. The first kappa shape index (κ1) is 22.7. The van der Waals surface area contributed by atoms with Crippen LogP contribution in [0.15, 0.2) is 53.4 Å². The molecule has 1 N–H and O–H groups in total. The minimum atomic E-state index is -0.388. The van der Waals surface area contributed by atoms with Crippen molar-refractivity contribution in [3.8, 4) is 17.2 Å². The van der Waals surface area contributed by atoms with Crippen molar-refractivity contribution in [1.82, 2.24) is 20.0 Å². The van der Waals surface area contributed by atoms with Gasteiger partial charge in [-0.15, -0.1) is 0 Å². The molecule has 0 unspecified atom stereocenters. The molecule has 3 aromatic rings. The highest BCUT2D eigenvalue weighted by molar-refractivity contribution is 8.18. The molecule has 2 aliphatic heterocycles. The van der Waals surface area contributed by atoms with Gasteiger partial charge in [0, 0.05) is 24.3 Å². The van der Waals surface area contributed by atoms with Gasteiger partial charge in [0.15, 0.2) is 11.5 Å². The van der Waals surface area contributed by atoms with Crippen LogP contribution in [0.25, 0.3) is 11.8 Å². The molecule has 0 bridgehead atoms. The maximum atomic E-state index is 12.7. The fraction of sp³-hybridized carbons (Fsp3) is 0.200. The van der Waals surface area contributed by atoms with Gasteiger partial charge in [0.25, 0.3) is 17.1 Å². The molecule has 2 aliphatic rings. The number of aromatic nitrogens is 2. The Balaban J connectivity index is 1.17. The van der Waals surface area contributed by atoms with E-state index in [1.807, 2.05) is 36.7 Å². The first-order valence-electron chi connectivity index (χ1n) is 11.0. The first-order chi connectivity index (χ1) is 16.9. The first-order valence-corrected chi connectivity index (χ1v) is 11.8. The molecule has 1 aromatic heterocycles. The van der Waals surface area contributed by atoms with Crippen molar-refractivity contribution in [3.63, 3.8) is 0 Å². The smallest absolute Gasteiger partial charge is 0.293 e. The molecule has 2 aromatic carbocycles. The summed E-state index contributed by atoms with van der Waals surface area (Å²) in [5, 5.41) is 6.84. The third-order valence-corrected chi connectivity index (χ3v) is 6.48. The summed E-state index contributed by atoms with van der Waals surface area (Å²) in [4.78, 5) is 39.1. The lowest BCUT2D eigenvalue weighted by atomic mass is 10.2. The third-order valence-electron chi connectivity index (χ3n) is 5.57. The van der Waals surface area contributed by atoms with Crippen LogP contribution in [0.3, 0.4) is 0 Å². The number of nitrogens with zero attached hydrogens (tertiary/aromatic N) is 3. The molecule has 0 atom stereocenters. The average molecular weight is 491 g/mol. The van der Waals surface area contributed by atoms with Crippen molar-refractivity contribution in [1.29, 1.82) is 0 Å². The van der Waals surface area contributed by atoms with Crippen LogP contribution in [0.5, 0.6) is 11.5 Å². The van der Waals surface area contributed by atoms with Crippen molar-refractivity contribution in [2.75, 3.05) is 19.9 Å². The Bertz CT molecular complexity index is 1360. The fourth-order valence-electron chi connectivity index (χ4n) is 3.87. The van der Waals surface area contributed by atoms with E-state index in [2.05, 4.69) is 10.4 Å². The Morgan fingerprint density at radius 1 is 1.09 bits per heavy atom. The Labute approximate surface area is 205 Å². The Morgan fingerprint density at radius 3 is 2.60 bits per heavy atom. The Kier molecular flexibility index (Phi) is 6.04. The molecule has 0 aliphatic carbocycles. The summed E-state index contributed by atoms with van der Waals surface area (Å²) in [6.45, 7) is 4.28. The van der Waals surface area contributed by atoms with Crippen molar-refractivity contribution >= 4 is 34.9 Å². The molecule has 1 saturated heterocycles. The van der Waals surface area contributed by atoms with E-state index >= 15 is 0 Å². The number of rotatable bonds is 6. The van der Waals surface area contributed by atoms with Crippen LogP contribution in [-0.2, 0) is 4.79 Å². The highest BCUT2D eigenvalue weighted by Gasteiger charge is 2.34. The number of nitrogens with one attached hydrogen (secondary N) is 1. The van der Waals surface area contributed by atoms with Crippen molar-refractivity contribution in [3.05, 3.63) is 76.0 Å². The largest absolute Gasteiger partial charge is 0.454 e. The number of carbonyl (C=O) groups is 3. The Hall–Kier alpha value is -4.05. The van der Waals surface area contributed by atoms with E-state index in [1.165, 1.54) is 0 Å². The molecular weight excluding hydrogens is 468 g/mol. The van der Waals surface area contributed by atoms with Crippen LogP contribution in [0.1, 0.15) is 27.3 Å². The van der Waals surface area contributed by atoms with E-state index in [9.17, 15) is 14.4 Å². The summed E-state index contributed by atoms with van der Waals surface area (Å²) in [7, 11) is 0. The molecular formula is C25H22N4O5S. The SMILES string of the molecule is Cc1cc(C)n(-c2ccc(C(=O)NCCN3C(=O)S/C(=C\c4ccc5c(c4)OCO5)C3=O)cc2)n1. The van der Waals surface area contributed by atoms with Gasteiger partial charge in [-0.3, -0.25) is 19.3 Å². The van der Waals surface area contributed by atoms with Crippen LogP contribution in [0, 0.1) is 13.8 Å². The van der Waals surface area contributed by atoms with Gasteiger partial charge in [0.2, 0.25) is 6.79 Å². The van der Waals surface area contributed by atoms with Gasteiger partial charge >= 0.3 is 0 Å². The van der Waals surface area contributed by atoms with E-state index in [-0.39, 0.29) is 36.9 Å².